The number of anilines is 1. The van der Waals surface area contributed by atoms with E-state index in [1.54, 1.807) is 11.8 Å². The van der Waals surface area contributed by atoms with Crippen molar-refractivity contribution in [2.24, 2.45) is 0 Å². The number of terminal acetylenes is 1. The normalized spacial score (nSPS) is 9.65. The molecule has 1 aromatic rings. The maximum atomic E-state index is 5.42. The third-order valence-electron chi connectivity index (χ3n) is 1.83. The number of rotatable bonds is 8. The number of nitrogens with one attached hydrogen (secondary N) is 1. The number of hydrogen-bond acceptors (Lipinski definition) is 5. The highest BCUT2D eigenvalue weighted by Gasteiger charge is 1.98. The van der Waals surface area contributed by atoms with Crippen LogP contribution >= 0.6 is 11.8 Å². The van der Waals surface area contributed by atoms with E-state index in [0.717, 1.165) is 30.3 Å². The van der Waals surface area contributed by atoms with Crippen molar-refractivity contribution >= 4 is 17.6 Å². The van der Waals surface area contributed by atoms with Crippen molar-refractivity contribution in [3.05, 3.63) is 12.4 Å². The highest BCUT2D eigenvalue weighted by atomic mass is 32.2. The monoisotopic (exact) mass is 251 g/mol. The maximum absolute atomic E-state index is 5.42. The van der Waals surface area contributed by atoms with Gasteiger partial charge < -0.3 is 10.1 Å². The van der Waals surface area contributed by atoms with E-state index < -0.39 is 0 Å². The molecule has 17 heavy (non-hydrogen) atoms. The summed E-state index contributed by atoms with van der Waals surface area (Å²) in [7, 11) is 0. The topological polar surface area (TPSA) is 47.0 Å². The van der Waals surface area contributed by atoms with Gasteiger partial charge in [-0.25, -0.2) is 9.97 Å². The summed E-state index contributed by atoms with van der Waals surface area (Å²) >= 11 is 1.72. The predicted molar refractivity (Wildman–Crippen MR) is 72.5 cm³/mol. The second-order valence-electron chi connectivity index (χ2n) is 3.27. The van der Waals surface area contributed by atoms with Gasteiger partial charge in [-0.05, 0) is 6.42 Å². The molecule has 1 rings (SSSR count). The van der Waals surface area contributed by atoms with Crippen molar-refractivity contribution in [2.45, 2.75) is 13.3 Å². The van der Waals surface area contributed by atoms with Gasteiger partial charge in [0, 0.05) is 18.4 Å². The van der Waals surface area contributed by atoms with Crippen LogP contribution in [0.1, 0.15) is 13.3 Å². The van der Waals surface area contributed by atoms with Crippen LogP contribution in [0.2, 0.25) is 0 Å². The minimum absolute atomic E-state index is 0.612. The number of ether oxygens (including phenoxy) is 1. The average Bonchev–Trinajstić information content (AvgIpc) is 2.37. The predicted octanol–water partition coefficient (Wildman–Crippen LogP) is 2.04. The van der Waals surface area contributed by atoms with E-state index in [1.165, 1.54) is 6.33 Å². The Balaban J connectivity index is 2.30. The van der Waals surface area contributed by atoms with Crippen LogP contribution < -0.4 is 10.1 Å². The first kappa shape index (κ1) is 13.7. The van der Waals surface area contributed by atoms with Crippen LogP contribution in [0.25, 0.3) is 0 Å². The Morgan fingerprint density at radius 2 is 2.41 bits per heavy atom. The minimum atomic E-state index is 0.612. The summed E-state index contributed by atoms with van der Waals surface area (Å²) in [6.07, 6.45) is 7.63. The summed E-state index contributed by atoms with van der Waals surface area (Å²) < 4.78 is 5.42. The molecule has 0 unspecified atom stereocenters. The second kappa shape index (κ2) is 8.71. The quantitative estimate of drug-likeness (QED) is 0.566. The van der Waals surface area contributed by atoms with Gasteiger partial charge in [0.15, 0.2) is 0 Å². The average molecular weight is 251 g/mol. The lowest BCUT2D eigenvalue weighted by molar-refractivity contribution is 0.305. The van der Waals surface area contributed by atoms with E-state index in [2.05, 4.69) is 28.1 Å². The van der Waals surface area contributed by atoms with Crippen LogP contribution in [-0.4, -0.2) is 34.6 Å². The lowest BCUT2D eigenvalue weighted by atomic mass is 10.5. The molecular weight excluding hydrogens is 234 g/mol. The van der Waals surface area contributed by atoms with E-state index in [9.17, 15) is 0 Å². The molecule has 5 heteroatoms. The summed E-state index contributed by atoms with van der Waals surface area (Å²) in [5.74, 6) is 5.69. The number of aromatic nitrogens is 2. The molecule has 0 saturated carbocycles. The lowest BCUT2D eigenvalue weighted by Crippen LogP contribution is -2.07. The van der Waals surface area contributed by atoms with Gasteiger partial charge in [0.2, 0.25) is 5.88 Å². The summed E-state index contributed by atoms with van der Waals surface area (Å²) in [4.78, 5) is 8.14. The Kier molecular flexibility index (Phi) is 6.99. The van der Waals surface area contributed by atoms with E-state index in [4.69, 9.17) is 11.2 Å². The molecule has 0 radical (unpaired) electrons. The molecule has 1 aromatic heterocycles. The van der Waals surface area contributed by atoms with E-state index >= 15 is 0 Å². The van der Waals surface area contributed by atoms with Crippen molar-refractivity contribution in [2.75, 3.05) is 30.0 Å². The molecule has 92 valence electrons. The largest absolute Gasteiger partial charge is 0.478 e. The number of thioether (sulfide) groups is 1. The summed E-state index contributed by atoms with van der Waals surface area (Å²) in [5, 5.41) is 3.20. The van der Waals surface area contributed by atoms with Gasteiger partial charge in [0.1, 0.15) is 12.1 Å². The summed E-state index contributed by atoms with van der Waals surface area (Å²) in [5.41, 5.74) is 0. The zero-order valence-corrected chi connectivity index (χ0v) is 10.8. The van der Waals surface area contributed by atoms with Gasteiger partial charge in [-0.1, -0.05) is 12.8 Å². The first-order chi connectivity index (χ1) is 8.36. The Hall–Kier alpha value is -1.41. The highest BCUT2D eigenvalue weighted by molar-refractivity contribution is 7.99. The molecule has 4 nitrogen and oxygen atoms in total. The van der Waals surface area contributed by atoms with Gasteiger partial charge >= 0.3 is 0 Å². The maximum Gasteiger partial charge on any atom is 0.218 e. The van der Waals surface area contributed by atoms with Crippen LogP contribution in [-0.2, 0) is 0 Å². The van der Waals surface area contributed by atoms with E-state index in [-0.39, 0.29) is 0 Å². The van der Waals surface area contributed by atoms with Crippen LogP contribution in [0.3, 0.4) is 0 Å². The lowest BCUT2D eigenvalue weighted by Gasteiger charge is -2.06. The smallest absolute Gasteiger partial charge is 0.218 e. The molecule has 0 bridgehead atoms. The Morgan fingerprint density at radius 3 is 3.18 bits per heavy atom. The van der Waals surface area contributed by atoms with E-state index in [1.807, 2.05) is 6.07 Å². The van der Waals surface area contributed by atoms with Crippen molar-refractivity contribution < 1.29 is 4.74 Å². The van der Waals surface area contributed by atoms with Crippen molar-refractivity contribution in [3.8, 4) is 18.2 Å². The molecular formula is C12H17N3OS. The molecule has 1 N–H and O–H groups in total. The van der Waals surface area contributed by atoms with Crippen LogP contribution in [0.5, 0.6) is 5.88 Å². The fraction of sp³-hybridized carbons (Fsp3) is 0.500. The molecule has 0 atom stereocenters. The molecule has 0 aliphatic rings. The SMILES string of the molecule is C#CCSCCNc1cc(OCCC)ncn1. The van der Waals surface area contributed by atoms with Crippen molar-refractivity contribution in [1.82, 2.24) is 9.97 Å². The molecule has 1 heterocycles. The number of hydrogen-bond donors (Lipinski definition) is 1. The van der Waals surface area contributed by atoms with Gasteiger partial charge in [0.25, 0.3) is 0 Å². The van der Waals surface area contributed by atoms with Gasteiger partial charge in [-0.15, -0.1) is 18.2 Å². The highest BCUT2D eigenvalue weighted by Crippen LogP contribution is 2.11. The number of nitrogens with zero attached hydrogens (tertiary/aromatic N) is 2. The van der Waals surface area contributed by atoms with Crippen LogP contribution in [0.4, 0.5) is 5.82 Å². The Labute approximate surface area is 107 Å². The zero-order valence-electron chi connectivity index (χ0n) is 9.98. The van der Waals surface area contributed by atoms with Crippen molar-refractivity contribution in [1.29, 1.82) is 0 Å². The van der Waals surface area contributed by atoms with Crippen molar-refractivity contribution in [3.63, 3.8) is 0 Å². The first-order valence-electron chi connectivity index (χ1n) is 5.56. The van der Waals surface area contributed by atoms with Gasteiger partial charge in [-0.3, -0.25) is 0 Å². The van der Waals surface area contributed by atoms with Gasteiger partial charge in [-0.2, -0.15) is 0 Å². The molecule has 0 aliphatic heterocycles. The molecule has 0 saturated heterocycles. The van der Waals surface area contributed by atoms with Crippen LogP contribution in [0, 0.1) is 12.3 Å². The van der Waals surface area contributed by atoms with Gasteiger partial charge in [0.05, 0.1) is 12.4 Å². The minimum Gasteiger partial charge on any atom is -0.478 e. The standard InChI is InChI=1S/C12H17N3OS/c1-3-6-16-12-9-11(14-10-15-12)13-5-8-17-7-4-2/h2,9-10H,3,5-8H2,1H3,(H,13,14,15). The first-order valence-corrected chi connectivity index (χ1v) is 6.72. The molecule has 0 amide bonds. The van der Waals surface area contributed by atoms with E-state index in [0.29, 0.717) is 12.5 Å². The molecule has 0 aliphatic carbocycles. The Morgan fingerprint density at radius 1 is 1.53 bits per heavy atom. The third-order valence-corrected chi connectivity index (χ3v) is 2.70. The fourth-order valence-electron chi connectivity index (χ4n) is 1.10. The second-order valence-corrected chi connectivity index (χ2v) is 4.38. The molecule has 0 spiro atoms. The zero-order chi connectivity index (χ0) is 12.3. The molecule has 0 fully saturated rings. The third kappa shape index (κ3) is 6.03. The summed E-state index contributed by atoms with van der Waals surface area (Å²) in [6, 6.07) is 1.81. The van der Waals surface area contributed by atoms with Crippen LogP contribution in [0.15, 0.2) is 12.4 Å². The summed E-state index contributed by atoms with van der Waals surface area (Å²) in [6.45, 7) is 3.56. The molecule has 0 aromatic carbocycles. The Bertz CT molecular complexity index is 365. The fourth-order valence-corrected chi connectivity index (χ4v) is 1.61.